The monoisotopic (exact) mass is 359 g/mol. The molecule has 1 unspecified atom stereocenters. The molecule has 0 N–H and O–H groups in total. The van der Waals surface area contributed by atoms with E-state index in [0.29, 0.717) is 18.8 Å². The maximum absolute atomic E-state index is 13.1. The molecule has 0 spiro atoms. The molecule has 0 aliphatic carbocycles. The van der Waals surface area contributed by atoms with Gasteiger partial charge in [0.05, 0.1) is 11.7 Å². The van der Waals surface area contributed by atoms with Gasteiger partial charge in [-0.3, -0.25) is 9.48 Å². The average molecular weight is 359 g/mol. The summed E-state index contributed by atoms with van der Waals surface area (Å²) in [6.07, 6.45) is 1.13. The minimum Gasteiger partial charge on any atom is -0.339 e. The lowest BCUT2D eigenvalue weighted by Crippen LogP contribution is -2.29. The first kappa shape index (κ1) is 20.1. The zero-order chi connectivity index (χ0) is 19.4. The number of hydrogen-bond donors (Lipinski definition) is 0. The molecule has 1 aromatic carbocycles. The van der Waals surface area contributed by atoms with E-state index in [1.54, 1.807) is 24.1 Å². The van der Waals surface area contributed by atoms with Crippen molar-refractivity contribution in [3.05, 3.63) is 52.6 Å². The first-order valence-electron chi connectivity index (χ1n) is 9.24. The number of aryl methyl sites for hydroxylation is 1. The SMILES string of the molecule is Cc1nn(CC(C)C)c(C)c1CCC(=O)N(C)C(C)c1ccc(F)cc1. The maximum atomic E-state index is 13.1. The van der Waals surface area contributed by atoms with Crippen molar-refractivity contribution in [2.45, 2.75) is 60.0 Å². The lowest BCUT2D eigenvalue weighted by Gasteiger charge is -2.25. The van der Waals surface area contributed by atoms with E-state index in [-0.39, 0.29) is 17.8 Å². The van der Waals surface area contributed by atoms with Gasteiger partial charge in [0.15, 0.2) is 0 Å². The highest BCUT2D eigenvalue weighted by Crippen LogP contribution is 2.21. The summed E-state index contributed by atoms with van der Waals surface area (Å²) in [6.45, 7) is 11.3. The number of carbonyl (C=O) groups excluding carboxylic acids is 1. The van der Waals surface area contributed by atoms with Crippen LogP contribution in [0.2, 0.25) is 0 Å². The molecule has 0 saturated carbocycles. The highest BCUT2D eigenvalue weighted by Gasteiger charge is 2.19. The Morgan fingerprint density at radius 3 is 2.38 bits per heavy atom. The van der Waals surface area contributed by atoms with Crippen molar-refractivity contribution in [3.63, 3.8) is 0 Å². The third kappa shape index (κ3) is 4.71. The third-order valence-corrected chi connectivity index (χ3v) is 4.99. The lowest BCUT2D eigenvalue weighted by atomic mass is 10.0. The number of amides is 1. The van der Waals surface area contributed by atoms with E-state index >= 15 is 0 Å². The molecule has 2 aromatic rings. The topological polar surface area (TPSA) is 38.1 Å². The second-order valence-corrected chi connectivity index (χ2v) is 7.46. The number of halogens is 1. The van der Waals surface area contributed by atoms with Gasteiger partial charge < -0.3 is 4.90 Å². The van der Waals surface area contributed by atoms with Crippen LogP contribution in [-0.2, 0) is 17.8 Å². The van der Waals surface area contributed by atoms with Gasteiger partial charge in [-0.15, -0.1) is 0 Å². The largest absolute Gasteiger partial charge is 0.339 e. The van der Waals surface area contributed by atoms with Crippen molar-refractivity contribution < 1.29 is 9.18 Å². The van der Waals surface area contributed by atoms with Crippen LogP contribution in [-0.4, -0.2) is 27.6 Å². The molecule has 2 rings (SSSR count). The van der Waals surface area contributed by atoms with Gasteiger partial charge in [0, 0.05) is 25.7 Å². The Morgan fingerprint density at radius 1 is 1.19 bits per heavy atom. The first-order valence-corrected chi connectivity index (χ1v) is 9.24. The maximum Gasteiger partial charge on any atom is 0.223 e. The van der Waals surface area contributed by atoms with Gasteiger partial charge in [-0.2, -0.15) is 5.10 Å². The molecule has 1 aromatic heterocycles. The van der Waals surface area contributed by atoms with Gasteiger partial charge in [-0.05, 0) is 56.4 Å². The van der Waals surface area contributed by atoms with Crippen LogP contribution in [0.5, 0.6) is 0 Å². The van der Waals surface area contributed by atoms with E-state index in [1.165, 1.54) is 17.7 Å². The van der Waals surface area contributed by atoms with Crippen LogP contribution in [0.4, 0.5) is 4.39 Å². The Morgan fingerprint density at radius 2 is 1.81 bits per heavy atom. The van der Waals surface area contributed by atoms with Crippen LogP contribution in [0, 0.1) is 25.6 Å². The van der Waals surface area contributed by atoms with Crippen LogP contribution in [0.15, 0.2) is 24.3 Å². The number of aromatic nitrogens is 2. The van der Waals surface area contributed by atoms with Crippen LogP contribution in [0.1, 0.15) is 55.7 Å². The molecular formula is C21H30FN3O. The summed E-state index contributed by atoms with van der Waals surface area (Å²) in [6, 6.07) is 6.23. The van der Waals surface area contributed by atoms with E-state index in [9.17, 15) is 9.18 Å². The Balaban J connectivity index is 2.01. The fraction of sp³-hybridized carbons (Fsp3) is 0.524. The van der Waals surface area contributed by atoms with Gasteiger partial charge in [0.25, 0.3) is 0 Å². The standard InChI is InChI=1S/C21H30FN3O/c1-14(2)13-25-17(5)20(15(3)23-25)11-12-21(26)24(6)16(4)18-7-9-19(22)10-8-18/h7-10,14,16H,11-13H2,1-6H3. The first-order chi connectivity index (χ1) is 12.2. The van der Waals surface area contributed by atoms with Crippen LogP contribution in [0.25, 0.3) is 0 Å². The summed E-state index contributed by atoms with van der Waals surface area (Å²) in [5.41, 5.74) is 4.25. The number of carbonyl (C=O) groups is 1. The Labute approximate surface area is 156 Å². The molecule has 0 radical (unpaired) electrons. The van der Waals surface area contributed by atoms with Crippen molar-refractivity contribution in [2.24, 2.45) is 5.92 Å². The fourth-order valence-electron chi connectivity index (χ4n) is 3.21. The summed E-state index contributed by atoms with van der Waals surface area (Å²) in [4.78, 5) is 14.4. The van der Waals surface area contributed by atoms with Gasteiger partial charge in [-0.1, -0.05) is 26.0 Å². The van der Waals surface area contributed by atoms with E-state index in [2.05, 4.69) is 25.9 Å². The van der Waals surface area contributed by atoms with E-state index in [0.717, 1.165) is 23.5 Å². The molecule has 5 heteroatoms. The molecular weight excluding hydrogens is 329 g/mol. The molecule has 0 aliphatic rings. The summed E-state index contributed by atoms with van der Waals surface area (Å²) < 4.78 is 15.1. The molecule has 1 atom stereocenters. The molecule has 0 saturated heterocycles. The third-order valence-electron chi connectivity index (χ3n) is 4.99. The Hall–Kier alpha value is -2.17. The molecule has 26 heavy (non-hydrogen) atoms. The summed E-state index contributed by atoms with van der Waals surface area (Å²) >= 11 is 0. The molecule has 4 nitrogen and oxygen atoms in total. The number of rotatable bonds is 7. The van der Waals surface area contributed by atoms with E-state index < -0.39 is 0 Å². The number of hydrogen-bond acceptors (Lipinski definition) is 2. The minimum absolute atomic E-state index is 0.0808. The highest BCUT2D eigenvalue weighted by molar-refractivity contribution is 5.76. The van der Waals surface area contributed by atoms with Gasteiger partial charge in [0.2, 0.25) is 5.91 Å². The summed E-state index contributed by atoms with van der Waals surface area (Å²) in [7, 11) is 1.80. The second-order valence-electron chi connectivity index (χ2n) is 7.46. The zero-order valence-electron chi connectivity index (χ0n) is 16.7. The minimum atomic E-state index is -0.265. The predicted octanol–water partition coefficient (Wildman–Crippen LogP) is 4.45. The fourth-order valence-corrected chi connectivity index (χ4v) is 3.21. The Bertz CT molecular complexity index is 749. The summed E-state index contributed by atoms with van der Waals surface area (Å²) in [5.74, 6) is 0.349. The van der Waals surface area contributed by atoms with E-state index in [1.807, 2.05) is 18.5 Å². The van der Waals surface area contributed by atoms with Gasteiger partial charge in [0.1, 0.15) is 5.82 Å². The number of benzene rings is 1. The molecule has 0 aliphatic heterocycles. The van der Waals surface area contributed by atoms with Crippen molar-refractivity contribution in [1.82, 2.24) is 14.7 Å². The zero-order valence-corrected chi connectivity index (χ0v) is 16.7. The molecule has 1 amide bonds. The lowest BCUT2D eigenvalue weighted by molar-refractivity contribution is -0.131. The Kier molecular flexibility index (Phi) is 6.57. The quantitative estimate of drug-likeness (QED) is 0.733. The van der Waals surface area contributed by atoms with Crippen LogP contribution >= 0.6 is 0 Å². The average Bonchev–Trinajstić information content (AvgIpc) is 2.85. The normalized spacial score (nSPS) is 12.5. The van der Waals surface area contributed by atoms with Crippen molar-refractivity contribution in [1.29, 1.82) is 0 Å². The molecule has 1 heterocycles. The molecule has 0 bridgehead atoms. The van der Waals surface area contributed by atoms with Gasteiger partial charge >= 0.3 is 0 Å². The van der Waals surface area contributed by atoms with Crippen LogP contribution < -0.4 is 0 Å². The smallest absolute Gasteiger partial charge is 0.223 e. The molecule has 0 fully saturated rings. The van der Waals surface area contributed by atoms with Crippen LogP contribution in [0.3, 0.4) is 0 Å². The van der Waals surface area contributed by atoms with Crippen molar-refractivity contribution >= 4 is 5.91 Å². The number of nitrogens with zero attached hydrogens (tertiary/aromatic N) is 3. The van der Waals surface area contributed by atoms with Crippen molar-refractivity contribution in [3.8, 4) is 0 Å². The van der Waals surface area contributed by atoms with Crippen molar-refractivity contribution in [2.75, 3.05) is 7.05 Å². The molecule has 142 valence electrons. The highest BCUT2D eigenvalue weighted by atomic mass is 19.1. The predicted molar refractivity (Wildman–Crippen MR) is 102 cm³/mol. The summed E-state index contributed by atoms with van der Waals surface area (Å²) in [5, 5.41) is 4.62. The van der Waals surface area contributed by atoms with Gasteiger partial charge in [-0.25, -0.2) is 4.39 Å². The second kappa shape index (κ2) is 8.47. The van der Waals surface area contributed by atoms with E-state index in [4.69, 9.17) is 0 Å².